The van der Waals surface area contributed by atoms with E-state index in [4.69, 9.17) is 29.7 Å². The van der Waals surface area contributed by atoms with Crippen molar-refractivity contribution in [2.45, 2.75) is 80.1 Å². The Hall–Kier alpha value is -4.48. The van der Waals surface area contributed by atoms with Crippen molar-refractivity contribution in [2.24, 2.45) is 17.8 Å². The van der Waals surface area contributed by atoms with Crippen molar-refractivity contribution in [3.05, 3.63) is 102 Å². The summed E-state index contributed by atoms with van der Waals surface area (Å²) >= 11 is 0. The number of hydrogen-bond donors (Lipinski definition) is 1. The minimum absolute atomic E-state index is 0. The molecule has 3 aromatic rings. The minimum Gasteiger partial charge on any atom is -0.664 e. The number of esters is 2. The standard InChI is InChI=1S/C42H47N4O6.Mg/c1-9-12-25(20-47)15-16-52-35(48)14-13-28-23(6)31-17-29-21(4)26(10-2)33(43-29)18-30-22(5)27(11-3)34(44-30)19-32-24(7)36-40(46-32)37(39(28)45-31)38(41(36)49)42(50)51-8;/h10,17-20,23,28,38H,2,9,11-16H2,1,3-8H3,(H2-,45,46,47,49);/q-3;+2/p-1/b25-20+,30-18-,31-17-,34-19-;/t23-,28-,38+;/m0./s1. The average Bonchev–Trinajstić information content (AvgIpc) is 3.87. The Kier molecular flexibility index (Phi) is 12.2. The van der Waals surface area contributed by atoms with Gasteiger partial charge < -0.3 is 34.8 Å². The number of aliphatic hydroxyl groups excluding tert-OH is 1. The van der Waals surface area contributed by atoms with Crippen molar-refractivity contribution < 1.29 is 29.0 Å². The fourth-order valence-corrected chi connectivity index (χ4v) is 7.87. The first-order valence-corrected chi connectivity index (χ1v) is 18.1. The molecule has 8 bridgehead atoms. The van der Waals surface area contributed by atoms with Crippen molar-refractivity contribution in [3.8, 4) is 0 Å². The number of aliphatic hydroxyl groups is 1. The van der Waals surface area contributed by atoms with Gasteiger partial charge in [0.1, 0.15) is 5.92 Å². The molecule has 0 spiro atoms. The molecular weight excluding hydrogens is 681 g/mol. The summed E-state index contributed by atoms with van der Waals surface area (Å²) in [6, 6.07) is 0. The van der Waals surface area contributed by atoms with E-state index in [1.807, 2.05) is 45.9 Å². The summed E-state index contributed by atoms with van der Waals surface area (Å²) in [6.45, 7) is 16.3. The van der Waals surface area contributed by atoms with Gasteiger partial charge in [-0.3, -0.25) is 14.4 Å². The van der Waals surface area contributed by atoms with E-state index in [1.54, 1.807) is 6.08 Å². The van der Waals surface area contributed by atoms with Crippen LogP contribution >= 0.6 is 0 Å². The van der Waals surface area contributed by atoms with Gasteiger partial charge in [0.2, 0.25) is 0 Å². The third-order valence-corrected chi connectivity index (χ3v) is 10.8. The SMILES string of the molecule is C=Cc1c2[n-]c(c1C)/C=C1\[N-]/C(=C3\c4[n-]c(c(C)c4C(=O)[C@@H]3C(=O)OC)/C=c3\[n-]/c(c(C)c3CC)=C\2)[C@@H](CCC(=O)OCC/C(=C/O)CCC)[C@@H]1C.[Mg+2]. The molecule has 5 heterocycles. The van der Waals surface area contributed by atoms with E-state index >= 15 is 0 Å². The maximum atomic E-state index is 14.2. The Balaban J connectivity index is 0.00000541. The van der Waals surface area contributed by atoms with Gasteiger partial charge in [-0.2, -0.15) is 11.4 Å². The molecule has 1 N–H and O–H groups in total. The average molecular weight is 727 g/mol. The number of carbonyl (C=O) groups is 3. The van der Waals surface area contributed by atoms with Gasteiger partial charge in [-0.15, -0.1) is 33.5 Å². The monoisotopic (exact) mass is 726 g/mol. The third kappa shape index (κ3) is 7.13. The summed E-state index contributed by atoms with van der Waals surface area (Å²) in [5, 5.41) is 16.2. The Morgan fingerprint density at radius 2 is 1.66 bits per heavy atom. The fourth-order valence-electron chi connectivity index (χ4n) is 7.87. The third-order valence-electron chi connectivity index (χ3n) is 10.8. The smallest absolute Gasteiger partial charge is 0.664 e. The van der Waals surface area contributed by atoms with Crippen LogP contribution in [0.25, 0.3) is 35.2 Å². The van der Waals surface area contributed by atoms with Crippen LogP contribution in [0, 0.1) is 38.5 Å². The molecule has 0 aromatic carbocycles. The van der Waals surface area contributed by atoms with Gasteiger partial charge in [0.05, 0.1) is 20.0 Å². The fraction of sp³-hybridized carbons (Fsp3) is 0.405. The zero-order valence-electron chi connectivity index (χ0n) is 31.8. The number of nitrogens with zero attached hydrogens (tertiary/aromatic N) is 4. The first kappa shape index (κ1) is 39.7. The number of fused-ring (bicyclic) bond motifs is 7. The predicted molar refractivity (Wildman–Crippen MR) is 206 cm³/mol. The molecule has 1 aliphatic carbocycles. The van der Waals surface area contributed by atoms with Crippen LogP contribution in [0.1, 0.15) is 114 Å². The Morgan fingerprint density at radius 3 is 2.32 bits per heavy atom. The number of carbonyl (C=O) groups excluding carboxylic acids is 3. The molecule has 11 heteroatoms. The molecule has 3 atom stereocenters. The van der Waals surface area contributed by atoms with Crippen LogP contribution < -0.4 is 25.7 Å². The van der Waals surface area contributed by atoms with Gasteiger partial charge in [-0.05, 0) is 63.0 Å². The normalized spacial score (nSPS) is 22.5. The number of ketones is 1. The first-order valence-electron chi connectivity index (χ1n) is 18.1. The molecule has 10 nitrogen and oxygen atoms in total. The topological polar surface area (TPSA) is 146 Å². The molecule has 0 saturated carbocycles. The maximum absolute atomic E-state index is 14.2. The van der Waals surface area contributed by atoms with Crippen LogP contribution in [0.3, 0.4) is 0 Å². The quantitative estimate of drug-likeness (QED) is 0.115. The van der Waals surface area contributed by atoms with E-state index in [9.17, 15) is 19.5 Å². The second-order valence-electron chi connectivity index (χ2n) is 13.8. The number of Topliss-reactive ketones (excluding diaryl/α,β-unsaturated/α-hetero) is 1. The number of hydrogen-bond acceptors (Lipinski definition) is 6. The molecule has 3 aliphatic rings. The molecule has 1 fully saturated rings. The summed E-state index contributed by atoms with van der Waals surface area (Å²) in [5.41, 5.74) is 10.0. The summed E-state index contributed by atoms with van der Waals surface area (Å²) in [5.74, 6) is -3.22. The van der Waals surface area contributed by atoms with E-state index in [0.717, 1.165) is 75.4 Å². The molecule has 0 radical (unpaired) electrons. The number of methoxy groups -OCH3 is 1. The Morgan fingerprint density at radius 1 is 0.943 bits per heavy atom. The van der Waals surface area contributed by atoms with Crippen molar-refractivity contribution in [1.82, 2.24) is 15.0 Å². The zero-order valence-corrected chi connectivity index (χ0v) is 33.2. The Labute approximate surface area is 326 Å². The van der Waals surface area contributed by atoms with Crippen molar-refractivity contribution >= 4 is 70.7 Å². The molecule has 3 aromatic heterocycles. The minimum atomic E-state index is -1.24. The zero-order chi connectivity index (χ0) is 37.4. The molecule has 0 amide bonds. The summed E-state index contributed by atoms with van der Waals surface area (Å²) in [6.07, 6.45) is 12.0. The van der Waals surface area contributed by atoms with Gasteiger partial charge in [-0.25, -0.2) is 0 Å². The molecule has 6 rings (SSSR count). The van der Waals surface area contributed by atoms with Crippen LogP contribution in [0.2, 0.25) is 0 Å². The summed E-state index contributed by atoms with van der Waals surface area (Å²) in [7, 11) is 1.27. The first-order chi connectivity index (χ1) is 25.0. The van der Waals surface area contributed by atoms with Crippen LogP contribution in [0.15, 0.2) is 29.8 Å². The van der Waals surface area contributed by atoms with E-state index < -0.39 is 11.9 Å². The molecule has 1 saturated heterocycles. The number of rotatable bonds is 11. The van der Waals surface area contributed by atoms with Crippen LogP contribution in [-0.4, -0.2) is 59.6 Å². The van der Waals surface area contributed by atoms with E-state index in [2.05, 4.69) is 20.4 Å². The van der Waals surface area contributed by atoms with Gasteiger partial charge >= 0.3 is 35.0 Å². The van der Waals surface area contributed by atoms with Gasteiger partial charge in [0.15, 0.2) is 5.78 Å². The van der Waals surface area contributed by atoms with E-state index in [-0.39, 0.29) is 59.7 Å². The van der Waals surface area contributed by atoms with Crippen molar-refractivity contribution in [3.63, 3.8) is 0 Å². The van der Waals surface area contributed by atoms with Crippen LogP contribution in [0.4, 0.5) is 0 Å². The predicted octanol–water partition coefficient (Wildman–Crippen LogP) is 5.61. The van der Waals surface area contributed by atoms with Gasteiger partial charge in [-0.1, -0.05) is 85.9 Å². The summed E-state index contributed by atoms with van der Waals surface area (Å²) < 4.78 is 10.8. The second-order valence-corrected chi connectivity index (χ2v) is 13.8. The van der Waals surface area contributed by atoms with Crippen LogP contribution in [-0.2, 0) is 25.5 Å². The number of aromatic nitrogens is 3. The maximum Gasteiger partial charge on any atom is 2.00 e. The van der Waals surface area contributed by atoms with Crippen molar-refractivity contribution in [1.29, 1.82) is 0 Å². The van der Waals surface area contributed by atoms with E-state index in [0.29, 0.717) is 52.3 Å². The van der Waals surface area contributed by atoms with Crippen LogP contribution in [0.5, 0.6) is 0 Å². The largest absolute Gasteiger partial charge is 2.00 e. The molecule has 0 unspecified atom stereocenters. The Bertz CT molecular complexity index is 2190. The molecular formula is C42H46MgN4O6-2. The number of allylic oxidation sites excluding steroid dienone is 2. The molecule has 274 valence electrons. The van der Waals surface area contributed by atoms with Crippen molar-refractivity contribution in [2.75, 3.05) is 13.7 Å². The summed E-state index contributed by atoms with van der Waals surface area (Å²) in [4.78, 5) is 55.8. The van der Waals surface area contributed by atoms with E-state index in [1.165, 1.54) is 7.11 Å². The molecule has 2 aliphatic heterocycles. The van der Waals surface area contributed by atoms with Gasteiger partial charge in [0.25, 0.3) is 0 Å². The molecule has 53 heavy (non-hydrogen) atoms. The number of ether oxygens (including phenoxy) is 2. The van der Waals surface area contributed by atoms with Gasteiger partial charge in [0, 0.05) is 18.4 Å². The second kappa shape index (κ2) is 16.3.